The first-order valence-corrected chi connectivity index (χ1v) is 10.3. The van der Waals surface area contributed by atoms with Crippen molar-refractivity contribution < 1.29 is 18.0 Å². The summed E-state index contributed by atoms with van der Waals surface area (Å²) >= 11 is 0. The highest BCUT2D eigenvalue weighted by Crippen LogP contribution is 2.28. The summed E-state index contributed by atoms with van der Waals surface area (Å²) in [4.78, 5) is 8.71. The molecule has 4 rings (SSSR count). The van der Waals surface area contributed by atoms with Gasteiger partial charge < -0.3 is 5.32 Å². The van der Waals surface area contributed by atoms with Crippen molar-refractivity contribution in [2.45, 2.75) is 4.90 Å². The lowest BCUT2D eigenvalue weighted by Gasteiger charge is -2.14. The van der Waals surface area contributed by atoms with Crippen LogP contribution in [0.15, 0.2) is 77.7 Å². The van der Waals surface area contributed by atoms with Crippen molar-refractivity contribution in [2.24, 2.45) is 0 Å². The highest BCUT2D eigenvalue weighted by molar-refractivity contribution is 7.92. The van der Waals surface area contributed by atoms with Crippen LogP contribution in [0, 0.1) is 5.82 Å². The molecule has 0 amide bonds. The van der Waals surface area contributed by atoms with Crippen molar-refractivity contribution in [1.29, 1.82) is 0 Å². The summed E-state index contributed by atoms with van der Waals surface area (Å²) in [5.74, 6) is -0.550. The zero-order valence-electron chi connectivity index (χ0n) is 15.4. The lowest BCUT2D eigenvalue weighted by molar-refractivity contribution is 0.389. The molecule has 4 aromatic rings. The van der Waals surface area contributed by atoms with Gasteiger partial charge in [0.1, 0.15) is 5.82 Å². The third kappa shape index (κ3) is 4.00. The molecule has 0 aliphatic rings. The average molecular weight is 425 g/mol. The maximum absolute atomic E-state index is 14.1. The molecule has 0 saturated heterocycles. The van der Waals surface area contributed by atoms with Gasteiger partial charge in [0.25, 0.3) is 10.0 Å². The first-order chi connectivity index (χ1) is 14.5. The molecule has 3 aromatic carbocycles. The molecule has 0 radical (unpaired) electrons. The van der Waals surface area contributed by atoms with Gasteiger partial charge in [-0.1, -0.05) is 24.3 Å². The van der Waals surface area contributed by atoms with Crippen LogP contribution in [0.2, 0.25) is 0 Å². The number of fused-ring (bicyclic) bond motifs is 1. The lowest BCUT2D eigenvalue weighted by Crippen LogP contribution is -2.16. The van der Waals surface area contributed by atoms with E-state index in [1.807, 2.05) is 5.48 Å². The van der Waals surface area contributed by atoms with Crippen LogP contribution in [0.3, 0.4) is 0 Å². The Bertz CT molecular complexity index is 1310. The van der Waals surface area contributed by atoms with Crippen LogP contribution in [0.5, 0.6) is 0 Å². The molecule has 0 aliphatic carbocycles. The molecule has 0 spiro atoms. The molecule has 10 heteroatoms. The zero-order chi connectivity index (χ0) is 21.1. The topological polar surface area (TPSA) is 116 Å². The maximum Gasteiger partial charge on any atom is 0.263 e. The number of hydrogen-bond donors (Lipinski definition) is 4. The highest BCUT2D eigenvalue weighted by atomic mass is 32.2. The first kappa shape index (κ1) is 19.6. The van der Waals surface area contributed by atoms with Crippen molar-refractivity contribution in [3.8, 4) is 0 Å². The van der Waals surface area contributed by atoms with Crippen molar-refractivity contribution in [1.82, 2.24) is 9.97 Å². The number of sulfonamides is 1. The summed E-state index contributed by atoms with van der Waals surface area (Å²) < 4.78 is 42.2. The number of nitrogens with zero attached hydrogens (tertiary/aromatic N) is 2. The van der Waals surface area contributed by atoms with Crippen LogP contribution in [0.1, 0.15) is 0 Å². The van der Waals surface area contributed by atoms with Crippen LogP contribution in [-0.2, 0) is 10.0 Å². The van der Waals surface area contributed by atoms with E-state index in [0.29, 0.717) is 16.7 Å². The Balaban J connectivity index is 1.77. The fraction of sp³-hybridized carbons (Fsp3) is 0. The van der Waals surface area contributed by atoms with Crippen molar-refractivity contribution in [2.75, 3.05) is 15.5 Å². The van der Waals surface area contributed by atoms with E-state index in [2.05, 4.69) is 20.0 Å². The van der Waals surface area contributed by atoms with Gasteiger partial charge in [-0.15, -0.1) is 0 Å². The average Bonchev–Trinajstić information content (AvgIpc) is 2.75. The van der Waals surface area contributed by atoms with E-state index in [-0.39, 0.29) is 22.2 Å². The van der Waals surface area contributed by atoms with Gasteiger partial charge >= 0.3 is 0 Å². The van der Waals surface area contributed by atoms with Crippen LogP contribution in [0.25, 0.3) is 11.0 Å². The Hall–Kier alpha value is -3.76. The van der Waals surface area contributed by atoms with Crippen LogP contribution in [-0.4, -0.2) is 23.6 Å². The van der Waals surface area contributed by atoms with Gasteiger partial charge in [0.15, 0.2) is 11.6 Å². The molecule has 4 N–H and O–H groups in total. The van der Waals surface area contributed by atoms with Gasteiger partial charge in [-0.05, 0) is 48.5 Å². The van der Waals surface area contributed by atoms with E-state index in [9.17, 15) is 12.8 Å². The van der Waals surface area contributed by atoms with Gasteiger partial charge in [-0.3, -0.25) is 15.4 Å². The standard InChI is InChI=1S/C20H16FN5O3S/c21-15-5-1-2-6-16(15)22-19-20(24-18-8-4-3-7-17(18)23-19)26-30(28,29)14-11-9-13(25-27)10-12-14/h1-12,25,27H,(H,22,23)(H,24,26). The molecule has 1 aromatic heterocycles. The monoisotopic (exact) mass is 425 g/mol. The number of anilines is 4. The molecule has 1 heterocycles. The van der Waals surface area contributed by atoms with E-state index in [1.54, 1.807) is 36.4 Å². The maximum atomic E-state index is 14.1. The van der Waals surface area contributed by atoms with E-state index in [1.165, 1.54) is 36.4 Å². The summed E-state index contributed by atoms with van der Waals surface area (Å²) in [6.07, 6.45) is 0. The SMILES string of the molecule is O=S(=O)(Nc1nc2ccccc2nc1Nc1ccccc1F)c1ccc(NO)cc1. The third-order valence-corrected chi connectivity index (χ3v) is 5.58. The lowest BCUT2D eigenvalue weighted by atomic mass is 10.3. The van der Waals surface area contributed by atoms with Crippen molar-refractivity contribution >= 4 is 44.1 Å². The minimum absolute atomic E-state index is 0.0479. The van der Waals surface area contributed by atoms with Gasteiger partial charge in [0, 0.05) is 0 Å². The van der Waals surface area contributed by atoms with E-state index in [0.717, 1.165) is 0 Å². The molecule has 152 valence electrons. The summed E-state index contributed by atoms with van der Waals surface area (Å²) in [6, 6.07) is 18.3. The quantitative estimate of drug-likeness (QED) is 0.344. The Labute approximate surface area is 171 Å². The van der Waals surface area contributed by atoms with Crippen LogP contribution >= 0.6 is 0 Å². The van der Waals surface area contributed by atoms with Gasteiger partial charge in [-0.2, -0.15) is 0 Å². The molecule has 0 saturated carbocycles. The summed E-state index contributed by atoms with van der Waals surface area (Å²) in [6.45, 7) is 0. The number of rotatable bonds is 6. The normalized spacial score (nSPS) is 11.3. The second kappa shape index (κ2) is 7.93. The molecular weight excluding hydrogens is 409 g/mol. The molecule has 0 fully saturated rings. The van der Waals surface area contributed by atoms with Crippen LogP contribution in [0.4, 0.5) is 27.4 Å². The Morgan fingerprint density at radius 3 is 2.03 bits per heavy atom. The Morgan fingerprint density at radius 2 is 1.40 bits per heavy atom. The van der Waals surface area contributed by atoms with E-state index < -0.39 is 15.8 Å². The summed E-state index contributed by atoms with van der Waals surface area (Å²) in [5.41, 5.74) is 3.37. The molecule has 8 nitrogen and oxygen atoms in total. The van der Waals surface area contributed by atoms with E-state index >= 15 is 0 Å². The smallest absolute Gasteiger partial charge is 0.263 e. The Morgan fingerprint density at radius 1 is 0.800 bits per heavy atom. The molecule has 30 heavy (non-hydrogen) atoms. The van der Waals surface area contributed by atoms with Crippen molar-refractivity contribution in [3.05, 3.63) is 78.6 Å². The summed E-state index contributed by atoms with van der Waals surface area (Å²) in [7, 11) is -4.03. The van der Waals surface area contributed by atoms with Gasteiger partial charge in [-0.25, -0.2) is 22.8 Å². The number of nitrogens with one attached hydrogen (secondary N) is 3. The molecule has 0 atom stereocenters. The van der Waals surface area contributed by atoms with Gasteiger partial charge in [0.05, 0.1) is 27.3 Å². The number of para-hydroxylation sites is 3. The number of benzene rings is 3. The predicted octanol–water partition coefficient (Wildman–Crippen LogP) is 4.11. The number of hydrogen-bond acceptors (Lipinski definition) is 7. The predicted molar refractivity (Wildman–Crippen MR) is 112 cm³/mol. The second-order valence-corrected chi connectivity index (χ2v) is 7.94. The number of aromatic nitrogens is 2. The number of halogens is 1. The molecule has 0 aliphatic heterocycles. The second-order valence-electron chi connectivity index (χ2n) is 6.26. The van der Waals surface area contributed by atoms with E-state index in [4.69, 9.17) is 5.21 Å². The largest absolute Gasteiger partial charge is 0.335 e. The fourth-order valence-electron chi connectivity index (χ4n) is 2.74. The van der Waals surface area contributed by atoms with Crippen molar-refractivity contribution in [3.63, 3.8) is 0 Å². The minimum Gasteiger partial charge on any atom is -0.335 e. The molecule has 0 bridgehead atoms. The molecular formula is C20H16FN5O3S. The highest BCUT2D eigenvalue weighted by Gasteiger charge is 2.19. The molecule has 0 unspecified atom stereocenters. The fourth-order valence-corrected chi connectivity index (χ4v) is 3.75. The van der Waals surface area contributed by atoms with Gasteiger partial charge in [0.2, 0.25) is 0 Å². The third-order valence-electron chi connectivity index (χ3n) is 4.22. The summed E-state index contributed by atoms with van der Waals surface area (Å²) in [5, 5.41) is 11.7. The minimum atomic E-state index is -4.03. The zero-order valence-corrected chi connectivity index (χ0v) is 16.2. The van der Waals surface area contributed by atoms with Crippen LogP contribution < -0.4 is 15.5 Å². The first-order valence-electron chi connectivity index (χ1n) is 8.77. The Kier molecular flexibility index (Phi) is 5.17.